The number of likely N-dealkylation sites (tertiary alicyclic amines) is 4. The molecule has 0 aromatic rings. The third-order valence-corrected chi connectivity index (χ3v) is 6.77. The minimum atomic E-state index is -1.38. The van der Waals surface area contributed by atoms with E-state index >= 15 is 0 Å². The minimum Gasteiger partial charge on any atom is -0.530 e. The van der Waals surface area contributed by atoms with E-state index < -0.39 is 24.4 Å². The smallest absolute Gasteiger partial charge is 0.530 e. The zero-order valence-corrected chi connectivity index (χ0v) is 26.6. The van der Waals surface area contributed by atoms with E-state index in [1.165, 1.54) is 0 Å². The Labute approximate surface area is 267 Å². The van der Waals surface area contributed by atoms with Crippen LogP contribution >= 0.6 is 0 Å². The molecular weight excluding hydrogens is 742 g/mol. The molecule has 0 aromatic heterocycles. The Bertz CT molecular complexity index is 883. The van der Waals surface area contributed by atoms with E-state index in [0.29, 0.717) is 51.9 Å². The van der Waals surface area contributed by atoms with Crippen molar-refractivity contribution in [3.63, 3.8) is 0 Å². The number of carboxylic acid groups (broad SMARTS) is 4. The number of carbonyl (C=O) groups excluding carboxylic acids is 8. The molecule has 0 aliphatic carbocycles. The first-order valence-corrected chi connectivity index (χ1v) is 12.6. The molecule has 0 spiro atoms. The van der Waals surface area contributed by atoms with Gasteiger partial charge in [0.05, 0.1) is 0 Å². The molecule has 4 atom stereocenters. The number of hydrogen-bond acceptors (Lipinski definition) is 12. The maximum atomic E-state index is 10.9. The van der Waals surface area contributed by atoms with Crippen LogP contribution in [-0.2, 0) is 58.1 Å². The van der Waals surface area contributed by atoms with Crippen LogP contribution in [0.5, 0.6) is 0 Å². The molecular formula is C24H32N4O12Rh2. The van der Waals surface area contributed by atoms with Crippen molar-refractivity contribution in [1.82, 2.24) is 19.6 Å². The summed E-state index contributed by atoms with van der Waals surface area (Å²) in [4.78, 5) is 87.0. The van der Waals surface area contributed by atoms with Crippen molar-refractivity contribution in [3.8, 4) is 0 Å². The van der Waals surface area contributed by atoms with Gasteiger partial charge in [-0.15, -0.1) is 0 Å². The molecule has 4 heterocycles. The Morgan fingerprint density at radius 1 is 0.452 bits per heavy atom. The molecule has 2 radical (unpaired) electrons. The van der Waals surface area contributed by atoms with Crippen molar-refractivity contribution in [2.75, 3.05) is 26.2 Å². The van der Waals surface area contributed by atoms with Crippen molar-refractivity contribution in [2.24, 2.45) is 23.7 Å². The Balaban J connectivity index is 0. The van der Waals surface area contributed by atoms with Gasteiger partial charge in [-0.2, -0.15) is 0 Å². The van der Waals surface area contributed by atoms with Crippen LogP contribution < -0.4 is 20.4 Å². The molecule has 4 aliphatic heterocycles. The van der Waals surface area contributed by atoms with Crippen molar-refractivity contribution >= 4 is 48.0 Å². The van der Waals surface area contributed by atoms with Gasteiger partial charge in [0.25, 0.3) is 0 Å². The monoisotopic (exact) mass is 774 g/mol. The number of nitrogens with zero attached hydrogens (tertiary/aromatic N) is 4. The van der Waals surface area contributed by atoms with Crippen LogP contribution in [-0.4, -0.2) is 93.8 Å². The summed E-state index contributed by atoms with van der Waals surface area (Å²) in [6, 6.07) is 0. The van der Waals surface area contributed by atoms with E-state index in [2.05, 4.69) is 0 Å². The van der Waals surface area contributed by atoms with Gasteiger partial charge >= 0.3 is 39.0 Å². The number of imide groups is 4. The fraction of sp³-hybridized carbons (Fsp3) is 0.667. The first kappa shape index (κ1) is 41.1. The summed E-state index contributed by atoms with van der Waals surface area (Å²) in [6.45, 7) is 8.03. The predicted molar refractivity (Wildman–Crippen MR) is 124 cm³/mol. The fourth-order valence-corrected chi connectivity index (χ4v) is 4.01. The summed E-state index contributed by atoms with van der Waals surface area (Å²) >= 11 is 0. The zero-order chi connectivity index (χ0) is 30.9. The summed E-state index contributed by atoms with van der Waals surface area (Å²) in [5, 5.41) is 40.6. The molecule has 0 saturated carbocycles. The van der Waals surface area contributed by atoms with E-state index in [1.807, 2.05) is 0 Å². The van der Waals surface area contributed by atoms with Crippen molar-refractivity contribution in [2.45, 2.75) is 53.4 Å². The van der Waals surface area contributed by atoms with Crippen molar-refractivity contribution < 1.29 is 97.7 Å². The second-order valence-corrected chi connectivity index (χ2v) is 9.78. The maximum Gasteiger partial charge on any atom is 2.00 e. The topological polar surface area (TPSA) is 242 Å². The van der Waals surface area contributed by atoms with E-state index in [0.717, 1.165) is 19.6 Å². The average Bonchev–Trinajstić information content (AvgIpc) is 3.59. The minimum absolute atomic E-state index is 0. The summed E-state index contributed by atoms with van der Waals surface area (Å²) in [5.74, 6) is -1.95. The van der Waals surface area contributed by atoms with Gasteiger partial charge in [0.2, 0.25) is 23.6 Å². The van der Waals surface area contributed by atoms with Gasteiger partial charge in [-0.3, -0.25) is 38.8 Å². The SMILES string of the molecule is CC1CCN(C(=O)[O-])C1=O.CC1CCN(C(=O)[O-])C1=O.CC1CCN(C(=O)[O-])C1=O.CC1CCN(C(=O)[O-])C1=O.[Rh+2].[Rh+2]. The van der Waals surface area contributed by atoms with Crippen molar-refractivity contribution in [1.29, 1.82) is 0 Å². The number of carbonyl (C=O) groups is 8. The second-order valence-electron chi connectivity index (χ2n) is 9.78. The van der Waals surface area contributed by atoms with E-state index in [4.69, 9.17) is 0 Å². The number of rotatable bonds is 0. The van der Waals surface area contributed by atoms with Gasteiger partial charge in [-0.25, -0.2) is 0 Å². The molecule has 238 valence electrons. The summed E-state index contributed by atoms with van der Waals surface area (Å²) < 4.78 is 0. The molecule has 0 aromatic carbocycles. The van der Waals surface area contributed by atoms with Gasteiger partial charge in [0, 0.05) is 49.9 Å². The maximum absolute atomic E-state index is 10.9. The zero-order valence-electron chi connectivity index (χ0n) is 23.3. The normalized spacial score (nSPS) is 24.3. The third-order valence-electron chi connectivity index (χ3n) is 6.77. The predicted octanol–water partition coefficient (Wildman–Crippen LogP) is -3.21. The molecule has 4 saturated heterocycles. The molecule has 18 heteroatoms. The number of amides is 8. The molecule has 4 unspecified atom stereocenters. The fourth-order valence-electron chi connectivity index (χ4n) is 4.01. The Morgan fingerprint density at radius 3 is 0.643 bits per heavy atom. The molecule has 8 amide bonds. The molecule has 0 N–H and O–H groups in total. The molecule has 4 rings (SSSR count). The molecule has 42 heavy (non-hydrogen) atoms. The van der Waals surface area contributed by atoms with Crippen LogP contribution in [0.25, 0.3) is 0 Å². The van der Waals surface area contributed by atoms with Crippen LogP contribution in [0.15, 0.2) is 0 Å². The molecule has 4 fully saturated rings. The largest absolute Gasteiger partial charge is 2.00 e. The first-order chi connectivity index (χ1) is 18.5. The van der Waals surface area contributed by atoms with Crippen molar-refractivity contribution in [3.05, 3.63) is 0 Å². The Hall–Kier alpha value is -2.99. The van der Waals surface area contributed by atoms with Gasteiger partial charge in [0.1, 0.15) is 24.4 Å². The van der Waals surface area contributed by atoms with Crippen LogP contribution in [0.1, 0.15) is 53.4 Å². The Morgan fingerprint density at radius 2 is 0.595 bits per heavy atom. The van der Waals surface area contributed by atoms with Gasteiger partial charge < -0.3 is 39.6 Å². The standard InChI is InChI=1S/4C6H9NO3.2Rh/c4*1-4-2-3-7(5(4)8)6(9)10;;/h4*4H,2-3H2,1H3,(H,9,10);;/q;;;;2*+2/p-4. The molecule has 16 nitrogen and oxygen atoms in total. The average molecular weight is 774 g/mol. The van der Waals surface area contributed by atoms with E-state index in [-0.39, 0.29) is 86.3 Å². The van der Waals surface area contributed by atoms with Crippen LogP contribution in [0.2, 0.25) is 0 Å². The summed E-state index contributed by atoms with van der Waals surface area (Å²) in [6.07, 6.45) is -3.05. The van der Waals surface area contributed by atoms with E-state index in [1.54, 1.807) is 27.7 Å². The quantitative estimate of drug-likeness (QED) is 0.221. The van der Waals surface area contributed by atoms with Crippen LogP contribution in [0.4, 0.5) is 19.2 Å². The molecule has 0 bridgehead atoms. The van der Waals surface area contributed by atoms with Gasteiger partial charge in [-0.05, 0) is 25.7 Å². The number of hydrogen-bond donors (Lipinski definition) is 0. The first-order valence-electron chi connectivity index (χ1n) is 12.6. The van der Waals surface area contributed by atoms with Crippen LogP contribution in [0.3, 0.4) is 0 Å². The van der Waals surface area contributed by atoms with Gasteiger partial charge in [0.15, 0.2) is 0 Å². The summed E-state index contributed by atoms with van der Waals surface area (Å²) in [5.41, 5.74) is 0. The second kappa shape index (κ2) is 18.5. The van der Waals surface area contributed by atoms with Crippen LogP contribution in [0, 0.1) is 23.7 Å². The summed E-state index contributed by atoms with van der Waals surface area (Å²) in [7, 11) is 0. The third kappa shape index (κ3) is 11.4. The Kier molecular flexibility index (Phi) is 18.1. The van der Waals surface area contributed by atoms with Gasteiger partial charge in [-0.1, -0.05) is 27.7 Å². The van der Waals surface area contributed by atoms with E-state index in [9.17, 15) is 58.8 Å². The molecule has 4 aliphatic rings.